The lowest BCUT2D eigenvalue weighted by molar-refractivity contribution is 0.359. The second-order valence-corrected chi connectivity index (χ2v) is 4.80. The summed E-state index contributed by atoms with van der Waals surface area (Å²) in [6.45, 7) is 0. The van der Waals surface area contributed by atoms with Gasteiger partial charge in [0.2, 0.25) is 0 Å². The molecule has 4 nitrogen and oxygen atoms in total. The normalized spacial score (nSPS) is 17.4. The monoisotopic (exact) mass is 246 g/mol. The highest BCUT2D eigenvalue weighted by molar-refractivity contribution is 5.53. The van der Waals surface area contributed by atoms with E-state index in [1.807, 2.05) is 0 Å². The number of nitrogens with zero attached hydrogens (tertiary/aromatic N) is 1. The van der Waals surface area contributed by atoms with Gasteiger partial charge in [-0.3, -0.25) is 0 Å². The van der Waals surface area contributed by atoms with Crippen LogP contribution in [-0.4, -0.2) is 12.2 Å². The van der Waals surface area contributed by atoms with E-state index in [0.29, 0.717) is 22.8 Å². The van der Waals surface area contributed by atoms with Crippen LogP contribution in [-0.2, 0) is 0 Å². The fourth-order valence-corrected chi connectivity index (χ4v) is 2.67. The number of phenolic OH excluding ortho intramolecular Hbond substituents is 1. The molecule has 2 rings (SSSR count). The van der Waals surface area contributed by atoms with Gasteiger partial charge in [-0.05, 0) is 24.8 Å². The van der Waals surface area contributed by atoms with Crippen LogP contribution in [0.25, 0.3) is 0 Å². The van der Waals surface area contributed by atoms with Gasteiger partial charge >= 0.3 is 0 Å². The van der Waals surface area contributed by atoms with Crippen molar-refractivity contribution in [1.82, 2.24) is 0 Å². The number of benzene rings is 1. The zero-order valence-corrected chi connectivity index (χ0v) is 10.5. The Kier molecular flexibility index (Phi) is 3.73. The van der Waals surface area contributed by atoms with Gasteiger partial charge in [0.25, 0.3) is 0 Å². The number of rotatable bonds is 3. The first-order valence-corrected chi connectivity index (χ1v) is 6.24. The van der Waals surface area contributed by atoms with Gasteiger partial charge in [0.05, 0.1) is 18.7 Å². The van der Waals surface area contributed by atoms with Crippen molar-refractivity contribution < 1.29 is 9.84 Å². The minimum Gasteiger partial charge on any atom is -0.504 e. The Morgan fingerprint density at radius 2 is 2.11 bits per heavy atom. The standard InChI is InChI=1S/C14H18N2O2/c1-18-12-7-9(8-15)6-11(14(12)17)13(16)10-4-2-3-5-10/h6-7,10,13,17H,2-5,16H2,1H3/t13-/m0/s1. The van der Waals surface area contributed by atoms with Crippen LogP contribution in [0.5, 0.6) is 11.5 Å². The number of nitriles is 1. The zero-order chi connectivity index (χ0) is 13.1. The molecule has 1 aromatic rings. The average Bonchev–Trinajstić information content (AvgIpc) is 2.92. The van der Waals surface area contributed by atoms with Crippen LogP contribution in [0.4, 0.5) is 0 Å². The average molecular weight is 246 g/mol. The molecule has 0 saturated heterocycles. The Bertz CT molecular complexity index is 473. The molecule has 4 heteroatoms. The molecule has 0 heterocycles. The van der Waals surface area contributed by atoms with Crippen LogP contribution in [0.2, 0.25) is 0 Å². The highest BCUT2D eigenvalue weighted by atomic mass is 16.5. The zero-order valence-electron chi connectivity index (χ0n) is 10.5. The van der Waals surface area contributed by atoms with Gasteiger partial charge in [-0.15, -0.1) is 0 Å². The van der Waals surface area contributed by atoms with Crippen molar-refractivity contribution in [2.45, 2.75) is 31.7 Å². The summed E-state index contributed by atoms with van der Waals surface area (Å²) in [4.78, 5) is 0. The topological polar surface area (TPSA) is 79.3 Å². The molecule has 1 aliphatic rings. The summed E-state index contributed by atoms with van der Waals surface area (Å²) in [5.41, 5.74) is 7.31. The number of aromatic hydroxyl groups is 1. The van der Waals surface area contributed by atoms with E-state index in [-0.39, 0.29) is 11.8 Å². The lowest BCUT2D eigenvalue weighted by Gasteiger charge is -2.21. The molecule has 96 valence electrons. The fraction of sp³-hybridized carbons (Fsp3) is 0.500. The molecule has 18 heavy (non-hydrogen) atoms. The maximum absolute atomic E-state index is 10.1. The predicted octanol–water partition coefficient (Wildman–Crippen LogP) is 2.46. The maximum atomic E-state index is 10.1. The lowest BCUT2D eigenvalue weighted by atomic mass is 9.91. The maximum Gasteiger partial charge on any atom is 0.162 e. The molecule has 1 aliphatic carbocycles. The lowest BCUT2D eigenvalue weighted by Crippen LogP contribution is -2.19. The van der Waals surface area contributed by atoms with Crippen LogP contribution in [0.15, 0.2) is 12.1 Å². The van der Waals surface area contributed by atoms with Crippen LogP contribution >= 0.6 is 0 Å². The molecule has 0 unspecified atom stereocenters. The van der Waals surface area contributed by atoms with Crippen molar-refractivity contribution in [1.29, 1.82) is 5.26 Å². The summed E-state index contributed by atoms with van der Waals surface area (Å²) in [5.74, 6) is 0.767. The first-order chi connectivity index (χ1) is 8.67. The van der Waals surface area contributed by atoms with Crippen molar-refractivity contribution in [2.24, 2.45) is 11.7 Å². The quantitative estimate of drug-likeness (QED) is 0.858. The first-order valence-electron chi connectivity index (χ1n) is 6.24. The Hall–Kier alpha value is -1.73. The van der Waals surface area contributed by atoms with E-state index in [0.717, 1.165) is 12.8 Å². The van der Waals surface area contributed by atoms with E-state index >= 15 is 0 Å². The number of hydrogen-bond acceptors (Lipinski definition) is 4. The van der Waals surface area contributed by atoms with Crippen LogP contribution in [0.1, 0.15) is 42.9 Å². The van der Waals surface area contributed by atoms with Crippen molar-refractivity contribution in [3.05, 3.63) is 23.3 Å². The molecule has 0 aliphatic heterocycles. The SMILES string of the molecule is COc1cc(C#N)cc([C@@H](N)C2CCCC2)c1O. The van der Waals surface area contributed by atoms with Crippen molar-refractivity contribution in [3.63, 3.8) is 0 Å². The van der Waals surface area contributed by atoms with E-state index < -0.39 is 0 Å². The molecule has 0 bridgehead atoms. The number of nitrogens with two attached hydrogens (primary N) is 1. The summed E-state index contributed by atoms with van der Waals surface area (Å²) in [7, 11) is 1.47. The van der Waals surface area contributed by atoms with Gasteiger partial charge in [-0.1, -0.05) is 12.8 Å². The third kappa shape index (κ3) is 2.27. The van der Waals surface area contributed by atoms with E-state index in [9.17, 15) is 5.11 Å². The first kappa shape index (κ1) is 12.7. The summed E-state index contributed by atoms with van der Waals surface area (Å²) >= 11 is 0. The Morgan fingerprint density at radius 3 is 2.67 bits per heavy atom. The molecule has 3 N–H and O–H groups in total. The predicted molar refractivity (Wildman–Crippen MR) is 68.3 cm³/mol. The minimum absolute atomic E-state index is 0.0656. The molecule has 0 spiro atoms. The summed E-state index contributed by atoms with van der Waals surface area (Å²) in [5, 5.41) is 19.1. The largest absolute Gasteiger partial charge is 0.504 e. The number of methoxy groups -OCH3 is 1. The molecule has 1 saturated carbocycles. The van der Waals surface area contributed by atoms with Gasteiger partial charge in [0, 0.05) is 17.7 Å². The molecule has 0 aromatic heterocycles. The third-order valence-electron chi connectivity index (χ3n) is 3.72. The number of ether oxygens (including phenoxy) is 1. The van der Waals surface area contributed by atoms with Gasteiger partial charge < -0.3 is 15.6 Å². The fourth-order valence-electron chi connectivity index (χ4n) is 2.67. The molecular formula is C14H18N2O2. The Balaban J connectivity index is 2.39. The van der Waals surface area contributed by atoms with Gasteiger partial charge in [0.15, 0.2) is 11.5 Å². The summed E-state index contributed by atoms with van der Waals surface area (Å²) in [6.07, 6.45) is 4.54. The number of hydrogen-bond donors (Lipinski definition) is 2. The molecule has 1 aromatic carbocycles. The highest BCUT2D eigenvalue weighted by Gasteiger charge is 2.26. The molecule has 0 amide bonds. The molecule has 1 fully saturated rings. The molecule has 1 atom stereocenters. The van der Waals surface area contributed by atoms with Gasteiger partial charge in [-0.2, -0.15) is 5.26 Å². The Labute approximate surface area is 107 Å². The van der Waals surface area contributed by atoms with Crippen LogP contribution in [0, 0.1) is 17.2 Å². The van der Waals surface area contributed by atoms with Crippen LogP contribution < -0.4 is 10.5 Å². The second kappa shape index (κ2) is 5.28. The van der Waals surface area contributed by atoms with E-state index in [1.165, 1.54) is 26.0 Å². The third-order valence-corrected chi connectivity index (χ3v) is 3.72. The van der Waals surface area contributed by atoms with E-state index in [4.69, 9.17) is 15.7 Å². The summed E-state index contributed by atoms with van der Waals surface area (Å²) in [6, 6.07) is 5.04. The van der Waals surface area contributed by atoms with E-state index in [2.05, 4.69) is 6.07 Å². The molecule has 0 radical (unpaired) electrons. The van der Waals surface area contributed by atoms with Crippen molar-refractivity contribution >= 4 is 0 Å². The van der Waals surface area contributed by atoms with Gasteiger partial charge in [0.1, 0.15) is 0 Å². The van der Waals surface area contributed by atoms with E-state index in [1.54, 1.807) is 6.07 Å². The van der Waals surface area contributed by atoms with Crippen molar-refractivity contribution in [2.75, 3.05) is 7.11 Å². The van der Waals surface area contributed by atoms with Gasteiger partial charge in [-0.25, -0.2) is 0 Å². The highest BCUT2D eigenvalue weighted by Crippen LogP contribution is 2.41. The summed E-state index contributed by atoms with van der Waals surface area (Å²) < 4.78 is 5.08. The molecular weight excluding hydrogens is 228 g/mol. The van der Waals surface area contributed by atoms with Crippen LogP contribution in [0.3, 0.4) is 0 Å². The second-order valence-electron chi connectivity index (χ2n) is 4.80. The number of phenols is 1. The minimum atomic E-state index is -0.227. The smallest absolute Gasteiger partial charge is 0.162 e. The Morgan fingerprint density at radius 1 is 1.44 bits per heavy atom. The van der Waals surface area contributed by atoms with Crippen molar-refractivity contribution in [3.8, 4) is 17.6 Å².